The first-order chi connectivity index (χ1) is 9.66. The largest absolute Gasteiger partial charge is 0.379 e. The van der Waals surface area contributed by atoms with E-state index in [0.29, 0.717) is 5.56 Å². The Hall–Kier alpha value is -1.23. The first-order valence-electron chi connectivity index (χ1n) is 6.81. The minimum atomic E-state index is -0.161. The van der Waals surface area contributed by atoms with Crippen molar-refractivity contribution in [3.63, 3.8) is 0 Å². The number of rotatable bonds is 4. The van der Waals surface area contributed by atoms with Gasteiger partial charge in [0.15, 0.2) is 0 Å². The van der Waals surface area contributed by atoms with Crippen molar-refractivity contribution in [2.45, 2.75) is 25.4 Å². The number of ether oxygens (including phenoxy) is 1. The van der Waals surface area contributed by atoms with Crippen molar-refractivity contribution in [3.05, 3.63) is 47.1 Å². The summed E-state index contributed by atoms with van der Waals surface area (Å²) in [4.78, 5) is 0.972. The monoisotopic (exact) mass is 291 g/mol. The van der Waals surface area contributed by atoms with E-state index in [4.69, 9.17) is 4.74 Å². The van der Waals surface area contributed by atoms with Gasteiger partial charge in [-0.3, -0.25) is 0 Å². The van der Waals surface area contributed by atoms with Crippen LogP contribution in [0.15, 0.2) is 35.7 Å². The third kappa shape index (κ3) is 2.92. The Bertz CT molecular complexity index is 576. The number of benzene rings is 1. The van der Waals surface area contributed by atoms with Gasteiger partial charge in [0.1, 0.15) is 5.82 Å². The molecule has 1 fully saturated rings. The van der Waals surface area contributed by atoms with Gasteiger partial charge < -0.3 is 10.1 Å². The van der Waals surface area contributed by atoms with Gasteiger partial charge in [-0.25, -0.2) is 4.39 Å². The molecular formula is C16H18FNOS. The van der Waals surface area contributed by atoms with Crippen LogP contribution in [0.4, 0.5) is 4.39 Å². The maximum absolute atomic E-state index is 13.9. The van der Waals surface area contributed by atoms with Gasteiger partial charge in [0.2, 0.25) is 0 Å². The SMILES string of the molecule is CC1(NCc2ccc(F)c(-c3cccs3)c2)CCOC1. The lowest BCUT2D eigenvalue weighted by Crippen LogP contribution is -2.42. The van der Waals surface area contributed by atoms with Crippen LogP contribution in [0.25, 0.3) is 10.4 Å². The van der Waals surface area contributed by atoms with Crippen molar-refractivity contribution in [2.75, 3.05) is 13.2 Å². The van der Waals surface area contributed by atoms with Crippen LogP contribution in [0.2, 0.25) is 0 Å². The minimum Gasteiger partial charge on any atom is -0.379 e. The van der Waals surface area contributed by atoms with Crippen LogP contribution in [0.5, 0.6) is 0 Å². The van der Waals surface area contributed by atoms with E-state index in [0.717, 1.165) is 36.6 Å². The fourth-order valence-electron chi connectivity index (χ4n) is 2.42. The predicted molar refractivity (Wildman–Crippen MR) is 80.4 cm³/mol. The van der Waals surface area contributed by atoms with E-state index in [1.807, 2.05) is 29.6 Å². The van der Waals surface area contributed by atoms with Gasteiger partial charge >= 0.3 is 0 Å². The quantitative estimate of drug-likeness (QED) is 0.924. The van der Waals surface area contributed by atoms with Crippen molar-refractivity contribution >= 4 is 11.3 Å². The van der Waals surface area contributed by atoms with Crippen molar-refractivity contribution in [3.8, 4) is 10.4 Å². The Morgan fingerprint density at radius 1 is 1.40 bits per heavy atom. The van der Waals surface area contributed by atoms with Crippen LogP contribution in [0, 0.1) is 5.82 Å². The topological polar surface area (TPSA) is 21.3 Å². The summed E-state index contributed by atoms with van der Waals surface area (Å²) in [7, 11) is 0. The standard InChI is InChI=1S/C16H18FNOS/c1-16(6-7-19-11-16)18-10-12-4-5-14(17)13(9-12)15-3-2-8-20-15/h2-5,8-9,18H,6-7,10-11H2,1H3. The Morgan fingerprint density at radius 3 is 3.00 bits per heavy atom. The van der Waals surface area contributed by atoms with E-state index < -0.39 is 0 Å². The molecule has 106 valence electrons. The number of hydrogen-bond acceptors (Lipinski definition) is 3. The van der Waals surface area contributed by atoms with Crippen molar-refractivity contribution in [2.24, 2.45) is 0 Å². The lowest BCUT2D eigenvalue weighted by atomic mass is 10.0. The molecule has 0 aliphatic carbocycles. The van der Waals surface area contributed by atoms with Gasteiger partial charge in [-0.1, -0.05) is 12.1 Å². The van der Waals surface area contributed by atoms with Crippen LogP contribution in [0.1, 0.15) is 18.9 Å². The van der Waals surface area contributed by atoms with Gasteiger partial charge in [0, 0.05) is 29.1 Å². The zero-order valence-electron chi connectivity index (χ0n) is 11.5. The van der Waals surface area contributed by atoms with Crippen LogP contribution >= 0.6 is 11.3 Å². The van der Waals surface area contributed by atoms with Gasteiger partial charge in [-0.05, 0) is 42.5 Å². The molecule has 2 aromatic rings. The summed E-state index contributed by atoms with van der Waals surface area (Å²) < 4.78 is 19.3. The van der Waals surface area contributed by atoms with E-state index in [2.05, 4.69) is 12.2 Å². The van der Waals surface area contributed by atoms with Crippen LogP contribution in [-0.2, 0) is 11.3 Å². The van der Waals surface area contributed by atoms with Gasteiger partial charge in [0.25, 0.3) is 0 Å². The van der Waals surface area contributed by atoms with E-state index in [9.17, 15) is 4.39 Å². The molecule has 20 heavy (non-hydrogen) atoms. The maximum Gasteiger partial charge on any atom is 0.131 e. The smallest absolute Gasteiger partial charge is 0.131 e. The maximum atomic E-state index is 13.9. The number of halogens is 1. The predicted octanol–water partition coefficient (Wildman–Crippen LogP) is 3.82. The van der Waals surface area contributed by atoms with Gasteiger partial charge in [0.05, 0.1) is 6.61 Å². The molecule has 1 saturated heterocycles. The number of hydrogen-bond donors (Lipinski definition) is 1. The molecule has 1 aliphatic rings. The summed E-state index contributed by atoms with van der Waals surface area (Å²) in [6.07, 6.45) is 1.02. The van der Waals surface area contributed by atoms with Crippen molar-refractivity contribution < 1.29 is 9.13 Å². The van der Waals surface area contributed by atoms with Crippen LogP contribution in [0.3, 0.4) is 0 Å². The molecule has 2 nitrogen and oxygen atoms in total. The summed E-state index contributed by atoms with van der Waals surface area (Å²) in [5.74, 6) is -0.161. The molecule has 0 spiro atoms. The average molecular weight is 291 g/mol. The Balaban J connectivity index is 1.76. The summed E-state index contributed by atoms with van der Waals surface area (Å²) in [5.41, 5.74) is 1.83. The lowest BCUT2D eigenvalue weighted by Gasteiger charge is -2.23. The molecule has 3 rings (SSSR count). The van der Waals surface area contributed by atoms with Gasteiger partial charge in [-0.15, -0.1) is 11.3 Å². The number of nitrogens with one attached hydrogen (secondary N) is 1. The molecule has 0 radical (unpaired) electrons. The first-order valence-corrected chi connectivity index (χ1v) is 7.69. The van der Waals surface area contributed by atoms with E-state index in [1.54, 1.807) is 17.4 Å². The zero-order valence-corrected chi connectivity index (χ0v) is 12.3. The first kappa shape index (κ1) is 13.7. The second kappa shape index (κ2) is 5.64. The average Bonchev–Trinajstić information content (AvgIpc) is 3.10. The van der Waals surface area contributed by atoms with E-state index in [-0.39, 0.29) is 11.4 Å². The molecule has 1 atom stereocenters. The molecule has 1 N–H and O–H groups in total. The summed E-state index contributed by atoms with van der Waals surface area (Å²) in [6.45, 7) is 4.46. The highest BCUT2D eigenvalue weighted by Crippen LogP contribution is 2.28. The Kier molecular flexibility index (Phi) is 3.87. The fraction of sp³-hybridized carbons (Fsp3) is 0.375. The van der Waals surface area contributed by atoms with Crippen LogP contribution in [-0.4, -0.2) is 18.8 Å². The summed E-state index contributed by atoms with van der Waals surface area (Å²) >= 11 is 1.56. The Labute approximate surface area is 122 Å². The molecule has 1 aromatic carbocycles. The highest BCUT2D eigenvalue weighted by atomic mass is 32.1. The van der Waals surface area contributed by atoms with E-state index >= 15 is 0 Å². The minimum absolute atomic E-state index is 0.0392. The Morgan fingerprint density at radius 2 is 2.30 bits per heavy atom. The van der Waals surface area contributed by atoms with Gasteiger partial charge in [-0.2, -0.15) is 0 Å². The third-order valence-corrected chi connectivity index (χ3v) is 4.66. The summed E-state index contributed by atoms with van der Waals surface area (Å²) in [5, 5.41) is 5.49. The molecule has 1 unspecified atom stereocenters. The normalized spacial score (nSPS) is 22.3. The van der Waals surface area contributed by atoms with Crippen molar-refractivity contribution in [1.29, 1.82) is 0 Å². The molecule has 4 heteroatoms. The number of thiophene rings is 1. The molecule has 0 bridgehead atoms. The van der Waals surface area contributed by atoms with E-state index in [1.165, 1.54) is 0 Å². The lowest BCUT2D eigenvalue weighted by molar-refractivity contribution is 0.171. The molecule has 0 amide bonds. The fourth-order valence-corrected chi connectivity index (χ4v) is 3.17. The highest BCUT2D eigenvalue weighted by Gasteiger charge is 2.28. The third-order valence-electron chi connectivity index (χ3n) is 3.76. The summed E-state index contributed by atoms with van der Waals surface area (Å²) in [6, 6.07) is 9.24. The molecule has 2 heterocycles. The zero-order chi connectivity index (χ0) is 14.0. The second-order valence-electron chi connectivity index (χ2n) is 5.51. The van der Waals surface area contributed by atoms with Crippen LogP contribution < -0.4 is 5.32 Å². The molecular weight excluding hydrogens is 273 g/mol. The highest BCUT2D eigenvalue weighted by molar-refractivity contribution is 7.13. The molecule has 1 aromatic heterocycles. The van der Waals surface area contributed by atoms with Crippen molar-refractivity contribution in [1.82, 2.24) is 5.32 Å². The molecule has 0 saturated carbocycles. The molecule has 1 aliphatic heterocycles. The second-order valence-corrected chi connectivity index (χ2v) is 6.46.